The van der Waals surface area contributed by atoms with Crippen LogP contribution in [0, 0.1) is 0 Å². The zero-order chi connectivity index (χ0) is 18.1. The molecule has 1 atom stereocenters. The van der Waals surface area contributed by atoms with Crippen LogP contribution in [0.3, 0.4) is 0 Å². The summed E-state index contributed by atoms with van der Waals surface area (Å²) in [6.45, 7) is 0.454. The molecule has 4 rings (SSSR count). The van der Waals surface area contributed by atoms with Gasteiger partial charge in [-0.2, -0.15) is 13.2 Å². The van der Waals surface area contributed by atoms with Crippen LogP contribution in [0.15, 0.2) is 43.0 Å². The van der Waals surface area contributed by atoms with E-state index in [2.05, 4.69) is 25.3 Å². The number of anilines is 1. The van der Waals surface area contributed by atoms with Crippen LogP contribution in [0.25, 0.3) is 22.3 Å². The summed E-state index contributed by atoms with van der Waals surface area (Å²) in [4.78, 5) is 18.8. The van der Waals surface area contributed by atoms with Crippen molar-refractivity contribution in [2.24, 2.45) is 0 Å². The van der Waals surface area contributed by atoms with Crippen LogP contribution in [-0.2, 0) is 0 Å². The van der Waals surface area contributed by atoms with E-state index in [0.717, 1.165) is 5.56 Å². The van der Waals surface area contributed by atoms with Gasteiger partial charge < -0.3 is 10.2 Å². The Morgan fingerprint density at radius 2 is 1.81 bits per heavy atom. The maximum absolute atomic E-state index is 13.1. The zero-order valence-corrected chi connectivity index (χ0v) is 13.6. The van der Waals surface area contributed by atoms with Crippen molar-refractivity contribution in [3.05, 3.63) is 43.0 Å². The Labute approximate surface area is 147 Å². The molecule has 0 saturated carbocycles. The number of hydrogen-bond donors (Lipinski definition) is 1. The predicted molar refractivity (Wildman–Crippen MR) is 90.6 cm³/mol. The number of hydrogen-bond acceptors (Lipinski definition) is 6. The molecule has 1 saturated heterocycles. The molecule has 0 aromatic carbocycles. The normalized spacial score (nSPS) is 18.3. The summed E-state index contributed by atoms with van der Waals surface area (Å²) in [6.07, 6.45) is 2.11. The third-order valence-corrected chi connectivity index (χ3v) is 4.29. The van der Waals surface area contributed by atoms with E-state index in [1.54, 1.807) is 47.9 Å². The van der Waals surface area contributed by atoms with Gasteiger partial charge in [0.15, 0.2) is 5.82 Å². The first-order valence-corrected chi connectivity index (χ1v) is 8.09. The van der Waals surface area contributed by atoms with Gasteiger partial charge in [0, 0.05) is 49.2 Å². The van der Waals surface area contributed by atoms with E-state index in [-0.39, 0.29) is 13.1 Å². The minimum atomic E-state index is -4.31. The van der Waals surface area contributed by atoms with E-state index in [0.29, 0.717) is 29.1 Å². The molecule has 1 fully saturated rings. The van der Waals surface area contributed by atoms with E-state index < -0.39 is 12.2 Å². The van der Waals surface area contributed by atoms with Gasteiger partial charge in [-0.1, -0.05) is 0 Å². The van der Waals surface area contributed by atoms with Gasteiger partial charge in [-0.05, 0) is 18.2 Å². The van der Waals surface area contributed by atoms with E-state index in [4.69, 9.17) is 0 Å². The zero-order valence-electron chi connectivity index (χ0n) is 13.6. The molecule has 1 N–H and O–H groups in total. The smallest absolute Gasteiger partial charge is 0.353 e. The lowest BCUT2D eigenvalue weighted by molar-refractivity contribution is -0.155. The van der Waals surface area contributed by atoms with Crippen LogP contribution >= 0.6 is 0 Å². The third kappa shape index (κ3) is 3.17. The Hall–Kier alpha value is -2.81. The first-order valence-electron chi connectivity index (χ1n) is 8.09. The van der Waals surface area contributed by atoms with E-state index in [9.17, 15) is 13.2 Å². The molecule has 6 nitrogen and oxygen atoms in total. The number of pyridine rings is 2. The second kappa shape index (κ2) is 6.49. The Kier molecular flexibility index (Phi) is 4.15. The van der Waals surface area contributed by atoms with Crippen LogP contribution < -0.4 is 10.2 Å². The van der Waals surface area contributed by atoms with E-state index in [1.165, 1.54) is 0 Å². The molecule has 3 aromatic rings. The molecule has 1 aliphatic heterocycles. The number of fused-ring (bicyclic) bond motifs is 1. The highest BCUT2D eigenvalue weighted by molar-refractivity contribution is 5.90. The van der Waals surface area contributed by atoms with Crippen LogP contribution in [0.2, 0.25) is 0 Å². The SMILES string of the molecule is FC(F)(F)[C@H]1CN(c2nc(-c3ccncc3)nc3cnccc23)CCN1. The second-order valence-corrected chi connectivity index (χ2v) is 5.99. The van der Waals surface area contributed by atoms with E-state index in [1.807, 2.05) is 0 Å². The second-order valence-electron chi connectivity index (χ2n) is 5.99. The number of piperazine rings is 1. The molecule has 4 heterocycles. The molecule has 0 aliphatic carbocycles. The molecule has 0 amide bonds. The van der Waals surface area contributed by atoms with Crippen LogP contribution in [-0.4, -0.2) is 51.8 Å². The summed E-state index contributed by atoms with van der Waals surface area (Å²) in [5.74, 6) is 0.921. The molecule has 0 radical (unpaired) electrons. The topological polar surface area (TPSA) is 66.8 Å². The maximum atomic E-state index is 13.1. The van der Waals surface area contributed by atoms with Crippen molar-refractivity contribution < 1.29 is 13.2 Å². The molecule has 26 heavy (non-hydrogen) atoms. The summed E-state index contributed by atoms with van der Waals surface area (Å²) in [5, 5.41) is 3.20. The monoisotopic (exact) mass is 360 g/mol. The Balaban J connectivity index is 1.81. The van der Waals surface area contributed by atoms with Crippen molar-refractivity contribution in [3.8, 4) is 11.4 Å². The minimum Gasteiger partial charge on any atom is -0.353 e. The van der Waals surface area contributed by atoms with Crippen molar-refractivity contribution in [2.45, 2.75) is 12.2 Å². The molecule has 0 bridgehead atoms. The van der Waals surface area contributed by atoms with Gasteiger partial charge in [0.05, 0.1) is 11.7 Å². The molecule has 1 aliphatic rings. The molecular weight excluding hydrogens is 345 g/mol. The summed E-state index contributed by atoms with van der Waals surface area (Å²) < 4.78 is 39.4. The first kappa shape index (κ1) is 16.6. The highest BCUT2D eigenvalue weighted by atomic mass is 19.4. The number of nitrogens with one attached hydrogen (secondary N) is 1. The van der Waals surface area contributed by atoms with Crippen LogP contribution in [0.5, 0.6) is 0 Å². The largest absolute Gasteiger partial charge is 0.405 e. The number of aromatic nitrogens is 4. The Bertz CT molecular complexity index is 915. The number of nitrogens with zero attached hydrogens (tertiary/aromatic N) is 5. The van der Waals surface area contributed by atoms with Gasteiger partial charge in [-0.3, -0.25) is 9.97 Å². The van der Waals surface area contributed by atoms with Gasteiger partial charge in [0.2, 0.25) is 0 Å². The van der Waals surface area contributed by atoms with Crippen molar-refractivity contribution in [1.82, 2.24) is 25.3 Å². The third-order valence-electron chi connectivity index (χ3n) is 4.29. The quantitative estimate of drug-likeness (QED) is 0.757. The fraction of sp³-hybridized carbons (Fsp3) is 0.294. The van der Waals surface area contributed by atoms with Gasteiger partial charge >= 0.3 is 6.18 Å². The molecule has 0 spiro atoms. The van der Waals surface area contributed by atoms with Crippen molar-refractivity contribution in [1.29, 1.82) is 0 Å². The Morgan fingerprint density at radius 1 is 1.04 bits per heavy atom. The first-order chi connectivity index (χ1) is 12.5. The molecular formula is C17H15F3N6. The molecule has 3 aromatic heterocycles. The molecule has 0 unspecified atom stereocenters. The number of alkyl halides is 3. The van der Waals surface area contributed by atoms with Crippen molar-refractivity contribution in [3.63, 3.8) is 0 Å². The van der Waals surface area contributed by atoms with Crippen LogP contribution in [0.1, 0.15) is 0 Å². The highest BCUT2D eigenvalue weighted by Gasteiger charge is 2.42. The summed E-state index contributed by atoms with van der Waals surface area (Å²) >= 11 is 0. The fourth-order valence-corrected chi connectivity index (χ4v) is 3.00. The highest BCUT2D eigenvalue weighted by Crippen LogP contribution is 2.30. The fourth-order valence-electron chi connectivity index (χ4n) is 3.00. The average Bonchev–Trinajstić information content (AvgIpc) is 2.67. The summed E-state index contributed by atoms with van der Waals surface area (Å²) in [5.41, 5.74) is 1.33. The van der Waals surface area contributed by atoms with Gasteiger partial charge in [-0.25, -0.2) is 9.97 Å². The summed E-state index contributed by atoms with van der Waals surface area (Å²) in [7, 11) is 0. The molecule has 134 valence electrons. The van der Waals surface area contributed by atoms with E-state index >= 15 is 0 Å². The summed E-state index contributed by atoms with van der Waals surface area (Å²) in [6, 6.07) is 3.66. The van der Waals surface area contributed by atoms with Gasteiger partial charge in [0.1, 0.15) is 11.9 Å². The maximum Gasteiger partial charge on any atom is 0.405 e. The number of halogens is 3. The van der Waals surface area contributed by atoms with Gasteiger partial charge in [0.25, 0.3) is 0 Å². The minimum absolute atomic E-state index is 0.201. The standard InChI is InChI=1S/C17H15F3N6/c18-17(19,20)14-10-26(8-7-23-14)16-12-3-6-22-9-13(12)24-15(25-16)11-1-4-21-5-2-11/h1-6,9,14,23H,7-8,10H2/t14-/m1/s1. The van der Waals surface area contributed by atoms with Crippen molar-refractivity contribution >= 4 is 16.7 Å². The van der Waals surface area contributed by atoms with Gasteiger partial charge in [-0.15, -0.1) is 0 Å². The van der Waals surface area contributed by atoms with Crippen LogP contribution in [0.4, 0.5) is 19.0 Å². The predicted octanol–water partition coefficient (Wildman–Crippen LogP) is 2.43. The lowest BCUT2D eigenvalue weighted by Crippen LogP contribution is -2.57. The lowest BCUT2D eigenvalue weighted by atomic mass is 10.1. The number of rotatable bonds is 2. The lowest BCUT2D eigenvalue weighted by Gasteiger charge is -2.35. The average molecular weight is 360 g/mol. The van der Waals surface area contributed by atoms with Crippen molar-refractivity contribution in [2.75, 3.05) is 24.5 Å². The Morgan fingerprint density at radius 3 is 2.58 bits per heavy atom. The molecule has 9 heteroatoms.